The largest absolute Gasteiger partial charge is 0.479 e. The van der Waals surface area contributed by atoms with Crippen molar-refractivity contribution < 1.29 is 24.0 Å². The van der Waals surface area contributed by atoms with Gasteiger partial charge in [0, 0.05) is 12.1 Å². The Kier molecular flexibility index (Phi) is 4.08. The summed E-state index contributed by atoms with van der Waals surface area (Å²) in [5, 5.41) is 12.8. The van der Waals surface area contributed by atoms with Gasteiger partial charge in [-0.2, -0.15) is 0 Å². The van der Waals surface area contributed by atoms with Gasteiger partial charge >= 0.3 is 5.97 Å². The van der Waals surface area contributed by atoms with Crippen molar-refractivity contribution in [1.29, 1.82) is 0 Å². The molecule has 0 aliphatic carbocycles. The second kappa shape index (κ2) is 5.62. The summed E-state index contributed by atoms with van der Waals surface area (Å²) in [5.74, 6) is -0.570. The highest BCUT2D eigenvalue weighted by molar-refractivity contribution is 5.81. The number of carbonyl (C=O) groups is 2. The van der Waals surface area contributed by atoms with Crippen molar-refractivity contribution >= 4 is 11.9 Å². The molecule has 110 valence electrons. The lowest BCUT2D eigenvalue weighted by molar-refractivity contribution is -0.166. The molecule has 7 heteroatoms. The van der Waals surface area contributed by atoms with Crippen LogP contribution in [0.25, 0.3) is 0 Å². The summed E-state index contributed by atoms with van der Waals surface area (Å²) in [6, 6.07) is 0. The minimum atomic E-state index is -1.05. The predicted molar refractivity (Wildman–Crippen MR) is 68.2 cm³/mol. The molecule has 0 radical (unpaired) electrons. The minimum Gasteiger partial charge on any atom is -0.479 e. The number of rotatable bonds is 3. The van der Waals surface area contributed by atoms with Crippen LogP contribution in [0.15, 0.2) is 4.52 Å². The van der Waals surface area contributed by atoms with Gasteiger partial charge in [0.15, 0.2) is 6.10 Å². The molecule has 20 heavy (non-hydrogen) atoms. The Hall–Kier alpha value is -1.89. The maximum atomic E-state index is 12.3. The monoisotopic (exact) mass is 282 g/mol. The number of ether oxygens (including phenoxy) is 1. The van der Waals surface area contributed by atoms with Gasteiger partial charge in [-0.15, -0.1) is 0 Å². The highest BCUT2D eigenvalue weighted by Crippen LogP contribution is 2.17. The molecule has 1 N–H and O–H groups in total. The van der Waals surface area contributed by atoms with Crippen LogP contribution in [-0.2, 0) is 20.7 Å². The third-order valence-corrected chi connectivity index (χ3v) is 3.40. The number of carbonyl (C=O) groups excluding carboxylic acids is 1. The molecule has 1 aliphatic rings. The normalized spacial score (nSPS) is 22.9. The first-order valence-corrected chi connectivity index (χ1v) is 6.46. The van der Waals surface area contributed by atoms with E-state index >= 15 is 0 Å². The molecule has 1 aromatic rings. The molecule has 1 aromatic heterocycles. The Labute approximate surface area is 116 Å². The van der Waals surface area contributed by atoms with Gasteiger partial charge in [-0.3, -0.25) is 4.79 Å². The number of carboxylic acid groups (broad SMARTS) is 1. The number of aryl methyl sites for hydroxylation is 2. The molecule has 2 rings (SSSR count). The lowest BCUT2D eigenvalue weighted by Gasteiger charge is -2.35. The molecule has 1 amide bonds. The van der Waals surface area contributed by atoms with Crippen LogP contribution >= 0.6 is 0 Å². The Bertz CT molecular complexity index is 505. The average Bonchev–Trinajstić information content (AvgIpc) is 2.69. The van der Waals surface area contributed by atoms with E-state index in [9.17, 15) is 9.59 Å². The minimum absolute atomic E-state index is 0.0713. The van der Waals surface area contributed by atoms with E-state index in [1.54, 1.807) is 20.8 Å². The summed E-state index contributed by atoms with van der Waals surface area (Å²) in [4.78, 5) is 24.8. The maximum absolute atomic E-state index is 12.3. The smallest absolute Gasteiger partial charge is 0.334 e. The number of nitrogens with zero attached hydrogens (tertiary/aromatic N) is 2. The molecule has 1 unspecified atom stereocenters. The van der Waals surface area contributed by atoms with Crippen molar-refractivity contribution in [1.82, 2.24) is 10.1 Å². The summed E-state index contributed by atoms with van der Waals surface area (Å²) < 4.78 is 10.3. The Morgan fingerprint density at radius 1 is 1.40 bits per heavy atom. The van der Waals surface area contributed by atoms with Crippen LogP contribution in [0.2, 0.25) is 0 Å². The van der Waals surface area contributed by atoms with Crippen molar-refractivity contribution in [2.24, 2.45) is 0 Å². The zero-order valence-electron chi connectivity index (χ0n) is 11.8. The van der Waals surface area contributed by atoms with E-state index in [2.05, 4.69) is 5.16 Å². The van der Waals surface area contributed by atoms with Gasteiger partial charge in [0.2, 0.25) is 5.91 Å². The first-order chi connectivity index (χ1) is 9.38. The molecule has 2 heterocycles. The van der Waals surface area contributed by atoms with Gasteiger partial charge in [0.1, 0.15) is 5.76 Å². The number of hydrogen-bond acceptors (Lipinski definition) is 5. The fourth-order valence-electron chi connectivity index (χ4n) is 2.31. The molecule has 0 saturated carbocycles. The quantitative estimate of drug-likeness (QED) is 0.869. The van der Waals surface area contributed by atoms with Crippen molar-refractivity contribution in [2.75, 3.05) is 13.1 Å². The van der Waals surface area contributed by atoms with Gasteiger partial charge in [-0.05, 0) is 20.8 Å². The number of morpholine rings is 1. The van der Waals surface area contributed by atoms with E-state index in [0.717, 1.165) is 5.56 Å². The van der Waals surface area contributed by atoms with Crippen molar-refractivity contribution in [3.63, 3.8) is 0 Å². The molecule has 0 spiro atoms. The van der Waals surface area contributed by atoms with Crippen LogP contribution in [0, 0.1) is 13.8 Å². The summed E-state index contributed by atoms with van der Waals surface area (Å²) in [6.07, 6.45) is -1.09. The van der Waals surface area contributed by atoms with E-state index in [-0.39, 0.29) is 25.0 Å². The first-order valence-electron chi connectivity index (χ1n) is 6.46. The Morgan fingerprint density at radius 3 is 2.65 bits per heavy atom. The highest BCUT2D eigenvalue weighted by atomic mass is 16.5. The van der Waals surface area contributed by atoms with Gasteiger partial charge < -0.3 is 19.3 Å². The molecule has 7 nitrogen and oxygen atoms in total. The number of carboxylic acids is 1. The SMILES string of the molecule is Cc1noc(C)c1CC(=O)N1CC(C(=O)O)O[C@H](C)C1. The fraction of sp³-hybridized carbons (Fsp3) is 0.615. The second-order valence-electron chi connectivity index (χ2n) is 5.05. The third kappa shape index (κ3) is 2.98. The maximum Gasteiger partial charge on any atom is 0.334 e. The fourth-order valence-corrected chi connectivity index (χ4v) is 2.31. The predicted octanol–water partition coefficient (Wildman–Crippen LogP) is 0.534. The lowest BCUT2D eigenvalue weighted by Crippen LogP contribution is -2.52. The number of amides is 1. The van der Waals surface area contributed by atoms with E-state index in [1.165, 1.54) is 4.90 Å². The zero-order chi connectivity index (χ0) is 14.9. The molecular formula is C13H18N2O5. The second-order valence-corrected chi connectivity index (χ2v) is 5.05. The molecular weight excluding hydrogens is 264 g/mol. The summed E-state index contributed by atoms with van der Waals surface area (Å²) in [7, 11) is 0. The molecule has 2 atom stereocenters. The van der Waals surface area contributed by atoms with Crippen LogP contribution in [0.4, 0.5) is 0 Å². The highest BCUT2D eigenvalue weighted by Gasteiger charge is 2.33. The van der Waals surface area contributed by atoms with Crippen molar-refractivity contribution in [2.45, 2.75) is 39.4 Å². The number of aliphatic carboxylic acids is 1. The molecule has 0 aromatic carbocycles. The van der Waals surface area contributed by atoms with Gasteiger partial charge in [0.05, 0.1) is 24.8 Å². The topological polar surface area (TPSA) is 92.9 Å². The molecule has 1 fully saturated rings. The molecule has 1 saturated heterocycles. The molecule has 0 bridgehead atoms. The Morgan fingerprint density at radius 2 is 2.10 bits per heavy atom. The van der Waals surface area contributed by atoms with Crippen molar-refractivity contribution in [3.05, 3.63) is 17.0 Å². The van der Waals surface area contributed by atoms with Gasteiger partial charge in [-0.25, -0.2) is 4.79 Å². The van der Waals surface area contributed by atoms with Gasteiger partial charge in [-0.1, -0.05) is 5.16 Å². The zero-order valence-corrected chi connectivity index (χ0v) is 11.8. The van der Waals surface area contributed by atoms with Crippen molar-refractivity contribution in [3.8, 4) is 0 Å². The number of aromatic nitrogens is 1. The summed E-state index contributed by atoms with van der Waals surface area (Å²) in [6.45, 7) is 5.75. The van der Waals surface area contributed by atoms with Crippen LogP contribution in [0.1, 0.15) is 23.9 Å². The average molecular weight is 282 g/mol. The number of hydrogen-bond donors (Lipinski definition) is 1. The van der Waals surface area contributed by atoms with Crippen LogP contribution < -0.4 is 0 Å². The lowest BCUT2D eigenvalue weighted by atomic mass is 10.1. The summed E-state index contributed by atoms with van der Waals surface area (Å²) >= 11 is 0. The Balaban J connectivity index is 2.07. The third-order valence-electron chi connectivity index (χ3n) is 3.40. The van der Waals surface area contributed by atoms with Crippen LogP contribution in [0.3, 0.4) is 0 Å². The van der Waals surface area contributed by atoms with Gasteiger partial charge in [0.25, 0.3) is 0 Å². The van der Waals surface area contributed by atoms with E-state index in [1.807, 2.05) is 0 Å². The van der Waals surface area contributed by atoms with E-state index in [0.29, 0.717) is 18.0 Å². The van der Waals surface area contributed by atoms with Crippen LogP contribution in [0.5, 0.6) is 0 Å². The van der Waals surface area contributed by atoms with Crippen LogP contribution in [-0.4, -0.2) is 52.3 Å². The van der Waals surface area contributed by atoms with E-state index < -0.39 is 12.1 Å². The standard InChI is InChI=1S/C13H18N2O5/c1-7-5-15(6-11(19-7)13(17)18)12(16)4-10-8(2)14-20-9(10)3/h7,11H,4-6H2,1-3H3,(H,17,18)/t7-,11?/m1/s1. The van der Waals surface area contributed by atoms with E-state index in [4.69, 9.17) is 14.4 Å². The first kappa shape index (κ1) is 14.5. The summed E-state index contributed by atoms with van der Waals surface area (Å²) in [5.41, 5.74) is 1.45. The molecule has 1 aliphatic heterocycles.